The zero-order valence-electron chi connectivity index (χ0n) is 8.86. The van der Waals surface area contributed by atoms with Crippen LogP contribution in [0.15, 0.2) is 24.6 Å². The first kappa shape index (κ1) is 9.63. The van der Waals surface area contributed by atoms with Gasteiger partial charge in [0.1, 0.15) is 0 Å². The van der Waals surface area contributed by atoms with Crippen molar-refractivity contribution in [1.82, 2.24) is 9.80 Å². The van der Waals surface area contributed by atoms with Crippen LogP contribution in [0, 0.1) is 0 Å². The maximum atomic E-state index is 2.43. The minimum absolute atomic E-state index is 1.24. The standard InChI is InChI=1S/C12H20N2/c1-2-8-13(7-1)11-5-6-12-14-9-3-4-10-14/h1,3,7,9H,2,4-6,8,10-12H2. The molecule has 78 valence electrons. The zero-order valence-corrected chi connectivity index (χ0v) is 8.86. The molecule has 0 aromatic carbocycles. The van der Waals surface area contributed by atoms with Crippen LogP contribution < -0.4 is 0 Å². The van der Waals surface area contributed by atoms with Crippen LogP contribution in [0.5, 0.6) is 0 Å². The fraction of sp³-hybridized carbons (Fsp3) is 0.667. The molecular formula is C12H20N2. The molecule has 0 aromatic rings. The second-order valence-electron chi connectivity index (χ2n) is 4.13. The van der Waals surface area contributed by atoms with Gasteiger partial charge in [-0.05, 0) is 38.1 Å². The van der Waals surface area contributed by atoms with Gasteiger partial charge in [-0.25, -0.2) is 0 Å². The van der Waals surface area contributed by atoms with Crippen LogP contribution >= 0.6 is 0 Å². The molecule has 0 N–H and O–H groups in total. The van der Waals surface area contributed by atoms with Gasteiger partial charge >= 0.3 is 0 Å². The molecule has 0 radical (unpaired) electrons. The zero-order chi connectivity index (χ0) is 9.64. The number of hydrogen-bond acceptors (Lipinski definition) is 2. The Bertz CT molecular complexity index is 196. The Morgan fingerprint density at radius 3 is 1.64 bits per heavy atom. The lowest BCUT2D eigenvalue weighted by atomic mass is 10.3. The highest BCUT2D eigenvalue weighted by atomic mass is 15.1. The van der Waals surface area contributed by atoms with E-state index in [9.17, 15) is 0 Å². The summed E-state index contributed by atoms with van der Waals surface area (Å²) < 4.78 is 0. The van der Waals surface area contributed by atoms with Crippen LogP contribution in [-0.4, -0.2) is 36.0 Å². The molecule has 2 rings (SSSR count). The van der Waals surface area contributed by atoms with Crippen molar-refractivity contribution >= 4 is 0 Å². The fourth-order valence-electron chi connectivity index (χ4n) is 2.08. The maximum absolute atomic E-state index is 2.43. The van der Waals surface area contributed by atoms with Crippen molar-refractivity contribution in [1.29, 1.82) is 0 Å². The first-order valence-electron chi connectivity index (χ1n) is 5.76. The van der Waals surface area contributed by atoms with Crippen molar-refractivity contribution in [2.24, 2.45) is 0 Å². The highest BCUT2D eigenvalue weighted by Gasteiger charge is 2.05. The largest absolute Gasteiger partial charge is 0.377 e. The quantitative estimate of drug-likeness (QED) is 0.616. The molecule has 2 heterocycles. The molecule has 0 aromatic heterocycles. The van der Waals surface area contributed by atoms with Gasteiger partial charge in [0.25, 0.3) is 0 Å². The monoisotopic (exact) mass is 192 g/mol. The molecule has 14 heavy (non-hydrogen) atoms. The van der Waals surface area contributed by atoms with Gasteiger partial charge in [-0.1, -0.05) is 12.2 Å². The van der Waals surface area contributed by atoms with E-state index in [0.29, 0.717) is 0 Å². The molecule has 0 saturated heterocycles. The molecule has 2 aliphatic rings. The summed E-state index contributed by atoms with van der Waals surface area (Å²) in [5.41, 5.74) is 0. The Balaban J connectivity index is 1.50. The van der Waals surface area contributed by atoms with Crippen LogP contribution in [0.4, 0.5) is 0 Å². The first-order chi connectivity index (χ1) is 6.95. The Kier molecular flexibility index (Phi) is 3.50. The van der Waals surface area contributed by atoms with Crippen LogP contribution in [0.25, 0.3) is 0 Å². The molecule has 0 unspecified atom stereocenters. The summed E-state index contributed by atoms with van der Waals surface area (Å²) in [5.74, 6) is 0. The SMILES string of the molecule is C1=CN(CCCCN2C=CCC2)CC1. The van der Waals surface area contributed by atoms with Crippen LogP contribution in [0.1, 0.15) is 25.7 Å². The average Bonchev–Trinajstić information content (AvgIpc) is 2.86. The van der Waals surface area contributed by atoms with E-state index in [-0.39, 0.29) is 0 Å². The molecule has 0 spiro atoms. The molecule has 0 aliphatic carbocycles. The van der Waals surface area contributed by atoms with Crippen molar-refractivity contribution in [2.45, 2.75) is 25.7 Å². The number of unbranched alkanes of at least 4 members (excludes halogenated alkanes) is 1. The lowest BCUT2D eigenvalue weighted by Crippen LogP contribution is -2.19. The Morgan fingerprint density at radius 2 is 1.29 bits per heavy atom. The number of rotatable bonds is 5. The maximum Gasteiger partial charge on any atom is 0.0207 e. The smallest absolute Gasteiger partial charge is 0.0207 e. The van der Waals surface area contributed by atoms with Crippen molar-refractivity contribution < 1.29 is 0 Å². The molecule has 0 atom stereocenters. The van der Waals surface area contributed by atoms with Crippen molar-refractivity contribution in [2.75, 3.05) is 26.2 Å². The van der Waals surface area contributed by atoms with Gasteiger partial charge < -0.3 is 9.80 Å². The molecule has 0 saturated carbocycles. The summed E-state index contributed by atoms with van der Waals surface area (Å²) in [6.45, 7) is 4.97. The molecule has 0 fully saturated rings. The minimum Gasteiger partial charge on any atom is -0.377 e. The lowest BCUT2D eigenvalue weighted by molar-refractivity contribution is 0.354. The van der Waals surface area contributed by atoms with Gasteiger partial charge in [-0.15, -0.1) is 0 Å². The van der Waals surface area contributed by atoms with E-state index < -0.39 is 0 Å². The second-order valence-corrected chi connectivity index (χ2v) is 4.13. The van der Waals surface area contributed by atoms with Crippen molar-refractivity contribution in [3.05, 3.63) is 24.6 Å². The Labute approximate surface area is 86.9 Å². The highest BCUT2D eigenvalue weighted by Crippen LogP contribution is 2.08. The van der Waals surface area contributed by atoms with Gasteiger partial charge in [-0.2, -0.15) is 0 Å². The third kappa shape index (κ3) is 2.79. The topological polar surface area (TPSA) is 6.48 Å². The fourth-order valence-corrected chi connectivity index (χ4v) is 2.08. The first-order valence-corrected chi connectivity index (χ1v) is 5.76. The lowest BCUT2D eigenvalue weighted by Gasteiger charge is -2.18. The summed E-state index contributed by atoms with van der Waals surface area (Å²) in [7, 11) is 0. The highest BCUT2D eigenvalue weighted by molar-refractivity contribution is 4.92. The van der Waals surface area contributed by atoms with E-state index >= 15 is 0 Å². The molecule has 0 bridgehead atoms. The third-order valence-electron chi connectivity index (χ3n) is 2.94. The molecule has 2 aliphatic heterocycles. The van der Waals surface area contributed by atoms with E-state index in [1.54, 1.807) is 0 Å². The molecule has 2 nitrogen and oxygen atoms in total. The normalized spacial score (nSPS) is 20.0. The van der Waals surface area contributed by atoms with Gasteiger partial charge in [-0.3, -0.25) is 0 Å². The number of hydrogen-bond donors (Lipinski definition) is 0. The summed E-state index contributed by atoms with van der Waals surface area (Å²) >= 11 is 0. The molecule has 2 heteroatoms. The van der Waals surface area contributed by atoms with Crippen LogP contribution in [0.2, 0.25) is 0 Å². The van der Waals surface area contributed by atoms with Gasteiger partial charge in [0.05, 0.1) is 0 Å². The third-order valence-corrected chi connectivity index (χ3v) is 2.94. The average molecular weight is 192 g/mol. The van der Waals surface area contributed by atoms with Crippen molar-refractivity contribution in [3.8, 4) is 0 Å². The van der Waals surface area contributed by atoms with E-state index in [1.807, 2.05) is 0 Å². The molecular weight excluding hydrogens is 172 g/mol. The summed E-state index contributed by atoms with van der Waals surface area (Å²) in [5, 5.41) is 0. The van der Waals surface area contributed by atoms with E-state index in [1.165, 1.54) is 51.9 Å². The van der Waals surface area contributed by atoms with Gasteiger partial charge in [0.15, 0.2) is 0 Å². The summed E-state index contributed by atoms with van der Waals surface area (Å²) in [6, 6.07) is 0. The van der Waals surface area contributed by atoms with Crippen LogP contribution in [0.3, 0.4) is 0 Å². The second kappa shape index (κ2) is 5.08. The van der Waals surface area contributed by atoms with E-state index in [0.717, 1.165) is 0 Å². The van der Waals surface area contributed by atoms with E-state index in [2.05, 4.69) is 34.4 Å². The molecule has 0 amide bonds. The van der Waals surface area contributed by atoms with Crippen molar-refractivity contribution in [3.63, 3.8) is 0 Å². The Morgan fingerprint density at radius 1 is 0.786 bits per heavy atom. The number of nitrogens with zero attached hydrogens (tertiary/aromatic N) is 2. The van der Waals surface area contributed by atoms with Gasteiger partial charge in [0.2, 0.25) is 0 Å². The summed E-state index contributed by atoms with van der Waals surface area (Å²) in [4.78, 5) is 4.86. The van der Waals surface area contributed by atoms with Crippen LogP contribution in [-0.2, 0) is 0 Å². The predicted octanol–water partition coefficient (Wildman–Crippen LogP) is 2.21. The van der Waals surface area contributed by atoms with Gasteiger partial charge in [0, 0.05) is 26.2 Å². The minimum atomic E-state index is 1.24. The Hall–Kier alpha value is -0.920. The predicted molar refractivity (Wildman–Crippen MR) is 59.9 cm³/mol. The summed E-state index contributed by atoms with van der Waals surface area (Å²) in [6.07, 6.45) is 14.2. The van der Waals surface area contributed by atoms with E-state index in [4.69, 9.17) is 0 Å².